The van der Waals surface area contributed by atoms with E-state index in [-0.39, 0.29) is 5.91 Å². The quantitative estimate of drug-likeness (QED) is 0.731. The highest BCUT2D eigenvalue weighted by atomic mass is 35.5. The van der Waals surface area contributed by atoms with Gasteiger partial charge in [-0.2, -0.15) is 0 Å². The van der Waals surface area contributed by atoms with Crippen LogP contribution in [0.4, 0.5) is 11.5 Å². The van der Waals surface area contributed by atoms with Crippen LogP contribution in [0.5, 0.6) is 0 Å². The molecule has 1 heterocycles. The van der Waals surface area contributed by atoms with Crippen LogP contribution in [0.1, 0.15) is 16.8 Å². The first-order valence-electron chi connectivity index (χ1n) is 7.57. The summed E-state index contributed by atoms with van der Waals surface area (Å²) in [6.07, 6.45) is 2.47. The summed E-state index contributed by atoms with van der Waals surface area (Å²) in [6, 6.07) is 8.65. The molecule has 2 N–H and O–H groups in total. The number of nitrogens with one attached hydrogen (secondary N) is 2. The van der Waals surface area contributed by atoms with E-state index in [1.807, 2.05) is 14.1 Å². The Morgan fingerprint density at radius 1 is 1.25 bits per heavy atom. The standard InChI is InChI=1S/C17H20Cl2N4O/c1-23(2)10-4-8-21-17(24)12-7-9-20-15(11-12)22-14-6-3-5-13(18)16(14)19/h3,5-7,9,11H,4,8,10H2,1-2H3,(H,20,22)(H,21,24). The average Bonchev–Trinajstić information content (AvgIpc) is 2.56. The van der Waals surface area contributed by atoms with Crippen LogP contribution in [-0.4, -0.2) is 43.0 Å². The van der Waals surface area contributed by atoms with Gasteiger partial charge in [0.1, 0.15) is 5.82 Å². The Hall–Kier alpha value is -1.82. The maximum absolute atomic E-state index is 12.2. The first kappa shape index (κ1) is 18.5. The van der Waals surface area contributed by atoms with Gasteiger partial charge in [-0.25, -0.2) is 4.98 Å². The lowest BCUT2D eigenvalue weighted by molar-refractivity contribution is 0.0952. The van der Waals surface area contributed by atoms with Gasteiger partial charge in [0.15, 0.2) is 0 Å². The van der Waals surface area contributed by atoms with E-state index in [4.69, 9.17) is 23.2 Å². The van der Waals surface area contributed by atoms with Crippen molar-refractivity contribution in [3.8, 4) is 0 Å². The maximum Gasteiger partial charge on any atom is 0.251 e. The van der Waals surface area contributed by atoms with E-state index < -0.39 is 0 Å². The van der Waals surface area contributed by atoms with Crippen molar-refractivity contribution in [1.29, 1.82) is 0 Å². The second kappa shape index (κ2) is 8.87. The number of halogens is 2. The van der Waals surface area contributed by atoms with Crippen LogP contribution in [0.25, 0.3) is 0 Å². The van der Waals surface area contributed by atoms with Crippen molar-refractivity contribution in [3.63, 3.8) is 0 Å². The zero-order valence-electron chi connectivity index (χ0n) is 13.6. The van der Waals surface area contributed by atoms with E-state index in [0.717, 1.165) is 13.0 Å². The fraction of sp³-hybridized carbons (Fsp3) is 0.294. The minimum atomic E-state index is -0.128. The van der Waals surface area contributed by atoms with Crippen molar-refractivity contribution in [2.24, 2.45) is 0 Å². The molecule has 0 saturated carbocycles. The summed E-state index contributed by atoms with van der Waals surface area (Å²) < 4.78 is 0. The predicted octanol–water partition coefficient (Wildman–Crippen LogP) is 3.81. The van der Waals surface area contributed by atoms with Gasteiger partial charge in [0.2, 0.25) is 0 Å². The molecule has 2 rings (SSSR count). The zero-order chi connectivity index (χ0) is 17.5. The van der Waals surface area contributed by atoms with E-state index >= 15 is 0 Å². The molecule has 0 radical (unpaired) electrons. The molecule has 0 atom stereocenters. The second-order valence-electron chi connectivity index (χ2n) is 5.57. The Labute approximate surface area is 152 Å². The number of anilines is 2. The molecule has 0 bridgehead atoms. The summed E-state index contributed by atoms with van der Waals surface area (Å²) in [5, 5.41) is 6.85. The Bertz CT molecular complexity index is 707. The van der Waals surface area contributed by atoms with Gasteiger partial charge in [-0.15, -0.1) is 0 Å². The molecule has 24 heavy (non-hydrogen) atoms. The monoisotopic (exact) mass is 366 g/mol. The lowest BCUT2D eigenvalue weighted by Crippen LogP contribution is -2.27. The van der Waals surface area contributed by atoms with Crippen molar-refractivity contribution in [2.45, 2.75) is 6.42 Å². The van der Waals surface area contributed by atoms with Gasteiger partial charge in [0.05, 0.1) is 15.7 Å². The molecule has 128 valence electrons. The molecule has 0 unspecified atom stereocenters. The number of carbonyl (C=O) groups is 1. The van der Waals surface area contributed by atoms with Crippen LogP contribution in [0.15, 0.2) is 36.5 Å². The van der Waals surface area contributed by atoms with Gasteiger partial charge in [0, 0.05) is 18.3 Å². The van der Waals surface area contributed by atoms with Crippen molar-refractivity contribution < 1.29 is 4.79 Å². The van der Waals surface area contributed by atoms with Gasteiger partial charge in [-0.05, 0) is 51.3 Å². The molecule has 7 heteroatoms. The van der Waals surface area contributed by atoms with Crippen LogP contribution in [0.2, 0.25) is 10.0 Å². The van der Waals surface area contributed by atoms with Crippen LogP contribution in [0, 0.1) is 0 Å². The third-order valence-electron chi connectivity index (χ3n) is 3.30. The number of benzene rings is 1. The number of pyridine rings is 1. The molecule has 0 saturated heterocycles. The summed E-state index contributed by atoms with van der Waals surface area (Å²) in [5.41, 5.74) is 1.18. The highest BCUT2D eigenvalue weighted by Gasteiger charge is 2.09. The molecular formula is C17H20Cl2N4O. The highest BCUT2D eigenvalue weighted by Crippen LogP contribution is 2.31. The lowest BCUT2D eigenvalue weighted by Gasteiger charge is -2.11. The highest BCUT2D eigenvalue weighted by molar-refractivity contribution is 6.43. The van der Waals surface area contributed by atoms with Crippen LogP contribution >= 0.6 is 23.2 Å². The Morgan fingerprint density at radius 3 is 2.79 bits per heavy atom. The fourth-order valence-corrected chi connectivity index (χ4v) is 2.43. The molecule has 0 aliphatic carbocycles. The van der Waals surface area contributed by atoms with Gasteiger partial charge < -0.3 is 15.5 Å². The molecule has 1 aromatic carbocycles. The average molecular weight is 367 g/mol. The second-order valence-corrected chi connectivity index (χ2v) is 6.35. The van der Waals surface area contributed by atoms with Crippen LogP contribution in [0.3, 0.4) is 0 Å². The van der Waals surface area contributed by atoms with Gasteiger partial charge in [0.25, 0.3) is 5.91 Å². The van der Waals surface area contributed by atoms with E-state index in [1.165, 1.54) is 0 Å². The van der Waals surface area contributed by atoms with Gasteiger partial charge >= 0.3 is 0 Å². The summed E-state index contributed by atoms with van der Waals surface area (Å²) in [7, 11) is 4.01. The fourth-order valence-electron chi connectivity index (χ4n) is 2.08. The van der Waals surface area contributed by atoms with Crippen LogP contribution < -0.4 is 10.6 Å². The third-order valence-corrected chi connectivity index (χ3v) is 4.12. The maximum atomic E-state index is 12.2. The van der Waals surface area contributed by atoms with E-state index in [0.29, 0.717) is 33.7 Å². The lowest BCUT2D eigenvalue weighted by atomic mass is 10.2. The first-order chi connectivity index (χ1) is 11.5. The molecule has 0 spiro atoms. The van der Waals surface area contributed by atoms with Gasteiger partial charge in [-0.1, -0.05) is 29.3 Å². The third kappa shape index (κ3) is 5.37. The van der Waals surface area contributed by atoms with Crippen molar-refractivity contribution in [1.82, 2.24) is 15.2 Å². The number of hydrogen-bond acceptors (Lipinski definition) is 4. The van der Waals surface area contributed by atoms with Gasteiger partial charge in [-0.3, -0.25) is 4.79 Å². The molecule has 0 fully saturated rings. The minimum Gasteiger partial charge on any atom is -0.352 e. The topological polar surface area (TPSA) is 57.3 Å². The number of hydrogen-bond donors (Lipinski definition) is 2. The smallest absolute Gasteiger partial charge is 0.251 e. The Balaban J connectivity index is 2.00. The summed E-state index contributed by atoms with van der Waals surface area (Å²) in [5.74, 6) is 0.400. The molecule has 1 aromatic heterocycles. The van der Waals surface area contributed by atoms with Crippen molar-refractivity contribution in [3.05, 3.63) is 52.1 Å². The largest absolute Gasteiger partial charge is 0.352 e. The summed E-state index contributed by atoms with van der Waals surface area (Å²) >= 11 is 12.1. The molecule has 1 amide bonds. The van der Waals surface area contributed by atoms with E-state index in [1.54, 1.807) is 36.5 Å². The van der Waals surface area contributed by atoms with Crippen molar-refractivity contribution in [2.75, 3.05) is 32.5 Å². The van der Waals surface area contributed by atoms with E-state index in [9.17, 15) is 4.79 Å². The SMILES string of the molecule is CN(C)CCCNC(=O)c1ccnc(Nc2cccc(Cl)c2Cl)c1. The number of rotatable bonds is 7. The van der Waals surface area contributed by atoms with Crippen molar-refractivity contribution >= 4 is 40.6 Å². The molecular weight excluding hydrogens is 347 g/mol. The molecule has 5 nitrogen and oxygen atoms in total. The number of nitrogens with zero attached hydrogens (tertiary/aromatic N) is 2. The number of aromatic nitrogens is 1. The number of carbonyl (C=O) groups excluding carboxylic acids is 1. The summed E-state index contributed by atoms with van der Waals surface area (Å²) in [6.45, 7) is 1.55. The zero-order valence-corrected chi connectivity index (χ0v) is 15.2. The Kier molecular flexibility index (Phi) is 6.85. The summed E-state index contributed by atoms with van der Waals surface area (Å²) in [4.78, 5) is 18.5. The molecule has 2 aromatic rings. The first-order valence-corrected chi connectivity index (χ1v) is 8.33. The predicted molar refractivity (Wildman–Crippen MR) is 99.5 cm³/mol. The normalized spacial score (nSPS) is 10.7. The number of amides is 1. The molecule has 0 aliphatic rings. The Morgan fingerprint density at radius 2 is 2.04 bits per heavy atom. The molecule has 0 aliphatic heterocycles. The van der Waals surface area contributed by atoms with E-state index in [2.05, 4.69) is 20.5 Å². The minimum absolute atomic E-state index is 0.128. The van der Waals surface area contributed by atoms with Crippen LogP contribution in [-0.2, 0) is 0 Å².